The lowest BCUT2D eigenvalue weighted by atomic mass is 10.1. The van der Waals surface area contributed by atoms with Gasteiger partial charge in [-0.25, -0.2) is 4.98 Å². The summed E-state index contributed by atoms with van der Waals surface area (Å²) >= 11 is 1.70. The standard InChI is InChI=1S/C23H17N3OS/c1-2-6-19-16(4-1)5-3-7-22(19)27-15-23-25-20-9-8-18(14-21(20)26-23)28-17-10-12-24-13-11-17/h1-14H,15H2,(H,25,26). The number of benzene rings is 3. The number of H-pyrrole nitrogens is 1. The van der Waals surface area contributed by atoms with Gasteiger partial charge in [-0.3, -0.25) is 4.98 Å². The van der Waals surface area contributed by atoms with Crippen LogP contribution in [0.3, 0.4) is 0 Å². The Morgan fingerprint density at radius 3 is 2.64 bits per heavy atom. The number of nitrogens with one attached hydrogen (secondary N) is 1. The van der Waals surface area contributed by atoms with Crippen molar-refractivity contribution in [1.82, 2.24) is 15.0 Å². The second-order valence-electron chi connectivity index (χ2n) is 6.41. The fourth-order valence-electron chi connectivity index (χ4n) is 3.18. The van der Waals surface area contributed by atoms with Gasteiger partial charge in [0, 0.05) is 27.6 Å². The van der Waals surface area contributed by atoms with Crippen molar-refractivity contribution in [3.8, 4) is 5.75 Å². The average molecular weight is 383 g/mol. The van der Waals surface area contributed by atoms with Crippen LogP contribution in [0, 0.1) is 0 Å². The van der Waals surface area contributed by atoms with Crippen LogP contribution in [0.2, 0.25) is 0 Å². The first-order chi connectivity index (χ1) is 13.8. The molecule has 3 aromatic carbocycles. The lowest BCUT2D eigenvalue weighted by Crippen LogP contribution is -1.97. The first kappa shape index (κ1) is 16.8. The zero-order chi connectivity index (χ0) is 18.8. The van der Waals surface area contributed by atoms with E-state index in [4.69, 9.17) is 4.74 Å². The average Bonchev–Trinajstić information content (AvgIpc) is 3.15. The Morgan fingerprint density at radius 2 is 1.71 bits per heavy atom. The molecule has 0 spiro atoms. The minimum atomic E-state index is 0.398. The number of fused-ring (bicyclic) bond motifs is 2. The number of aromatic nitrogens is 3. The van der Waals surface area contributed by atoms with Crippen LogP contribution in [0.1, 0.15) is 5.82 Å². The van der Waals surface area contributed by atoms with Crippen LogP contribution in [-0.4, -0.2) is 15.0 Å². The molecule has 0 amide bonds. The van der Waals surface area contributed by atoms with Crippen molar-refractivity contribution >= 4 is 33.6 Å². The van der Waals surface area contributed by atoms with Gasteiger partial charge in [0.25, 0.3) is 0 Å². The zero-order valence-corrected chi connectivity index (χ0v) is 15.8. The van der Waals surface area contributed by atoms with Crippen molar-refractivity contribution in [2.45, 2.75) is 16.4 Å². The molecule has 0 aliphatic carbocycles. The van der Waals surface area contributed by atoms with Gasteiger partial charge in [-0.15, -0.1) is 0 Å². The maximum atomic E-state index is 6.05. The monoisotopic (exact) mass is 383 g/mol. The highest BCUT2D eigenvalue weighted by atomic mass is 32.2. The Labute approximate surface area is 166 Å². The molecule has 0 fully saturated rings. The molecule has 2 aromatic heterocycles. The highest BCUT2D eigenvalue weighted by Crippen LogP contribution is 2.29. The van der Waals surface area contributed by atoms with Crippen LogP contribution in [0.4, 0.5) is 0 Å². The highest BCUT2D eigenvalue weighted by Gasteiger charge is 2.07. The molecule has 0 saturated carbocycles. The number of nitrogens with zero attached hydrogens (tertiary/aromatic N) is 2. The molecular formula is C23H17N3OS. The molecule has 28 heavy (non-hydrogen) atoms. The van der Waals surface area contributed by atoms with Crippen LogP contribution in [0.15, 0.2) is 95.0 Å². The van der Waals surface area contributed by atoms with E-state index in [1.807, 2.05) is 42.5 Å². The van der Waals surface area contributed by atoms with Crippen LogP contribution in [-0.2, 0) is 6.61 Å². The van der Waals surface area contributed by atoms with Crippen molar-refractivity contribution in [2.24, 2.45) is 0 Å². The fourth-order valence-corrected chi connectivity index (χ4v) is 4.03. The molecule has 5 rings (SSSR count). The van der Waals surface area contributed by atoms with Crippen molar-refractivity contribution in [3.05, 3.63) is 91.0 Å². The molecule has 0 radical (unpaired) electrons. The molecule has 0 aliphatic heterocycles. The fraction of sp³-hybridized carbons (Fsp3) is 0.0435. The van der Waals surface area contributed by atoms with E-state index in [0.29, 0.717) is 6.61 Å². The Bertz CT molecular complexity index is 1250. The van der Waals surface area contributed by atoms with Crippen molar-refractivity contribution in [3.63, 3.8) is 0 Å². The summed E-state index contributed by atoms with van der Waals surface area (Å²) in [7, 11) is 0. The topological polar surface area (TPSA) is 50.8 Å². The summed E-state index contributed by atoms with van der Waals surface area (Å²) in [4.78, 5) is 14.4. The Kier molecular flexibility index (Phi) is 4.43. The molecule has 2 heterocycles. The van der Waals surface area contributed by atoms with Gasteiger partial charge < -0.3 is 9.72 Å². The normalized spacial score (nSPS) is 11.1. The molecule has 5 heteroatoms. The number of imidazole rings is 1. The van der Waals surface area contributed by atoms with Crippen LogP contribution < -0.4 is 4.74 Å². The molecule has 0 saturated heterocycles. The van der Waals surface area contributed by atoms with E-state index >= 15 is 0 Å². The lowest BCUT2D eigenvalue weighted by molar-refractivity contribution is 0.301. The third-order valence-corrected chi connectivity index (χ3v) is 5.50. The third-order valence-electron chi connectivity index (χ3n) is 4.50. The smallest absolute Gasteiger partial charge is 0.146 e. The van der Waals surface area contributed by atoms with Crippen LogP contribution in [0.5, 0.6) is 5.75 Å². The van der Waals surface area contributed by atoms with Gasteiger partial charge in [0.1, 0.15) is 18.2 Å². The van der Waals surface area contributed by atoms with E-state index in [1.54, 1.807) is 24.2 Å². The molecule has 1 N–H and O–H groups in total. The molecule has 4 nitrogen and oxygen atoms in total. The van der Waals surface area contributed by atoms with E-state index in [2.05, 4.69) is 45.3 Å². The van der Waals surface area contributed by atoms with Crippen molar-refractivity contribution < 1.29 is 4.74 Å². The van der Waals surface area contributed by atoms with E-state index < -0.39 is 0 Å². The Balaban J connectivity index is 1.36. The largest absolute Gasteiger partial charge is 0.485 e. The Hall–Kier alpha value is -3.31. The number of rotatable bonds is 5. The number of pyridine rings is 1. The van der Waals surface area contributed by atoms with Gasteiger partial charge >= 0.3 is 0 Å². The zero-order valence-electron chi connectivity index (χ0n) is 15.0. The summed E-state index contributed by atoms with van der Waals surface area (Å²) in [5, 5.41) is 2.28. The van der Waals surface area contributed by atoms with Crippen LogP contribution in [0.25, 0.3) is 21.8 Å². The van der Waals surface area contributed by atoms with E-state index in [9.17, 15) is 0 Å². The predicted octanol–water partition coefficient (Wildman–Crippen LogP) is 5.84. The number of hydrogen-bond donors (Lipinski definition) is 1. The van der Waals surface area contributed by atoms with E-state index in [0.717, 1.165) is 37.8 Å². The van der Waals surface area contributed by atoms with Gasteiger partial charge in [0.15, 0.2) is 0 Å². The molecular weight excluding hydrogens is 366 g/mol. The van der Waals surface area contributed by atoms with Crippen molar-refractivity contribution in [1.29, 1.82) is 0 Å². The summed E-state index contributed by atoms with van der Waals surface area (Å²) in [6.07, 6.45) is 3.61. The maximum absolute atomic E-state index is 6.05. The van der Waals surface area contributed by atoms with Gasteiger partial charge in [-0.1, -0.05) is 48.2 Å². The second-order valence-corrected chi connectivity index (χ2v) is 7.56. The number of hydrogen-bond acceptors (Lipinski definition) is 4. The summed E-state index contributed by atoms with van der Waals surface area (Å²) < 4.78 is 6.05. The summed E-state index contributed by atoms with van der Waals surface area (Å²) in [5.41, 5.74) is 1.95. The maximum Gasteiger partial charge on any atom is 0.146 e. The summed E-state index contributed by atoms with van der Waals surface area (Å²) in [6.45, 7) is 0.398. The number of aromatic amines is 1. The first-order valence-corrected chi connectivity index (χ1v) is 9.84. The first-order valence-electron chi connectivity index (χ1n) is 9.02. The Morgan fingerprint density at radius 1 is 0.857 bits per heavy atom. The van der Waals surface area contributed by atoms with Gasteiger partial charge in [0.2, 0.25) is 0 Å². The molecule has 0 aliphatic rings. The SMILES string of the molecule is c1ccc2c(OCc3nc4ccc(Sc5ccncc5)cc4[nH]3)cccc2c1. The van der Waals surface area contributed by atoms with Gasteiger partial charge in [-0.2, -0.15) is 0 Å². The summed E-state index contributed by atoms with van der Waals surface area (Å²) in [6, 6.07) is 24.6. The molecule has 0 unspecified atom stereocenters. The van der Waals surface area contributed by atoms with Gasteiger partial charge in [0.05, 0.1) is 11.0 Å². The molecule has 0 atom stereocenters. The summed E-state index contributed by atoms with van der Waals surface area (Å²) in [5.74, 6) is 1.68. The minimum absolute atomic E-state index is 0.398. The van der Waals surface area contributed by atoms with E-state index in [-0.39, 0.29) is 0 Å². The molecule has 136 valence electrons. The van der Waals surface area contributed by atoms with Crippen LogP contribution >= 0.6 is 11.8 Å². The van der Waals surface area contributed by atoms with E-state index in [1.165, 1.54) is 5.39 Å². The molecule has 5 aromatic rings. The second kappa shape index (κ2) is 7.37. The minimum Gasteiger partial charge on any atom is -0.485 e. The van der Waals surface area contributed by atoms with Gasteiger partial charge in [-0.05, 0) is 41.8 Å². The number of ether oxygens (including phenoxy) is 1. The molecule has 0 bridgehead atoms. The van der Waals surface area contributed by atoms with Crippen molar-refractivity contribution in [2.75, 3.05) is 0 Å². The predicted molar refractivity (Wildman–Crippen MR) is 113 cm³/mol. The highest BCUT2D eigenvalue weighted by molar-refractivity contribution is 7.99. The third kappa shape index (κ3) is 3.44. The lowest BCUT2D eigenvalue weighted by Gasteiger charge is -2.07. The quantitative estimate of drug-likeness (QED) is 0.414.